The minimum absolute atomic E-state index is 1.13. The summed E-state index contributed by atoms with van der Waals surface area (Å²) in [5, 5.41) is 0. The average molecular weight is 291 g/mol. The summed E-state index contributed by atoms with van der Waals surface area (Å²) in [5.74, 6) is 0. The van der Waals surface area contributed by atoms with Crippen LogP contribution in [0.15, 0.2) is 17.7 Å². The van der Waals surface area contributed by atoms with Crippen molar-refractivity contribution in [3.63, 3.8) is 0 Å². The van der Waals surface area contributed by atoms with Gasteiger partial charge in [0.15, 0.2) is 0 Å². The number of hydrogen-bond donors (Lipinski definition) is 0. The molecule has 0 nitrogen and oxygen atoms in total. The van der Waals surface area contributed by atoms with Gasteiger partial charge in [-0.05, 0) is 0 Å². The Morgan fingerprint density at radius 1 is 1.67 bits per heavy atom. The van der Waals surface area contributed by atoms with Crippen molar-refractivity contribution in [3.8, 4) is 0 Å². The number of allylic oxidation sites excluding steroid dienone is 4. The molecule has 0 spiro atoms. The van der Waals surface area contributed by atoms with Gasteiger partial charge in [-0.3, -0.25) is 0 Å². The Morgan fingerprint density at radius 2 is 2.33 bits per heavy atom. The Balaban J connectivity index is 3.90. The van der Waals surface area contributed by atoms with Crippen LogP contribution in [0, 0.1) is 6.08 Å². The molecular weight excluding hydrogens is 280 g/mol. The van der Waals surface area contributed by atoms with E-state index in [-0.39, 0.29) is 0 Å². The molecule has 50 valence electrons. The van der Waals surface area contributed by atoms with E-state index in [2.05, 4.69) is 23.5 Å². The van der Waals surface area contributed by atoms with Gasteiger partial charge < -0.3 is 0 Å². The molecule has 0 radical (unpaired) electrons. The van der Waals surface area contributed by atoms with E-state index in [1.807, 2.05) is 13.0 Å². The van der Waals surface area contributed by atoms with Gasteiger partial charge in [-0.15, -0.1) is 0 Å². The van der Waals surface area contributed by atoms with Gasteiger partial charge >= 0.3 is 67.8 Å². The zero-order valence-corrected chi connectivity index (χ0v) is 8.78. The maximum absolute atomic E-state index is 2.95. The second kappa shape index (κ2) is 6.16. The summed E-state index contributed by atoms with van der Waals surface area (Å²) in [7, 11) is 0. The molecule has 0 heterocycles. The van der Waals surface area contributed by atoms with Crippen molar-refractivity contribution in [3.05, 3.63) is 23.8 Å². The third-order valence-electron chi connectivity index (χ3n) is 1.02. The van der Waals surface area contributed by atoms with Gasteiger partial charge in [-0.2, -0.15) is 0 Å². The van der Waals surface area contributed by atoms with Crippen molar-refractivity contribution in [2.75, 3.05) is 0 Å². The molecule has 0 rings (SSSR count). The molecule has 0 unspecified atom stereocenters. The number of hydrogen-bond acceptors (Lipinski definition) is 0. The van der Waals surface area contributed by atoms with Crippen molar-refractivity contribution in [2.24, 2.45) is 0 Å². The van der Waals surface area contributed by atoms with Crippen LogP contribution in [0.2, 0.25) is 0 Å². The summed E-state index contributed by atoms with van der Waals surface area (Å²) < 4.78 is 2.20. The first-order valence-electron chi connectivity index (χ1n) is 3.00. The van der Waals surface area contributed by atoms with Crippen molar-refractivity contribution in [1.82, 2.24) is 0 Å². The van der Waals surface area contributed by atoms with Crippen LogP contribution < -0.4 is 0 Å². The Morgan fingerprint density at radius 3 is 2.67 bits per heavy atom. The fourth-order valence-corrected chi connectivity index (χ4v) is 1.31. The Hall–Kier alpha value is 0.0383. The summed E-state index contributed by atoms with van der Waals surface area (Å²) in [4.78, 5) is 0. The third-order valence-corrected chi connectivity index (χ3v) is 2.11. The van der Waals surface area contributed by atoms with E-state index in [0.717, 1.165) is 6.42 Å². The topological polar surface area (TPSA) is 0 Å². The standard InChI is InChI=1S/C8H11.W/c1-4-6-7-8(3)5-2;/h3,6-7H,5H2,1-2H3;/q-1;/b8-7+;. The fourth-order valence-electron chi connectivity index (χ4n) is 0.431. The molecule has 0 aromatic carbocycles. The molecule has 0 fully saturated rings. The van der Waals surface area contributed by atoms with Gasteiger partial charge in [0, 0.05) is 0 Å². The second-order valence-electron chi connectivity index (χ2n) is 1.67. The Labute approximate surface area is 68.1 Å². The summed E-state index contributed by atoms with van der Waals surface area (Å²) >= 11 is 1.52. The molecule has 0 aliphatic heterocycles. The van der Waals surface area contributed by atoms with Gasteiger partial charge in [-0.1, -0.05) is 0 Å². The third kappa shape index (κ3) is 4.54. The van der Waals surface area contributed by atoms with Crippen LogP contribution in [0.5, 0.6) is 0 Å². The summed E-state index contributed by atoms with van der Waals surface area (Å²) in [5.41, 5.74) is 1.40. The molecule has 0 saturated carbocycles. The monoisotopic (exact) mass is 291 g/mol. The van der Waals surface area contributed by atoms with E-state index in [9.17, 15) is 0 Å². The van der Waals surface area contributed by atoms with Gasteiger partial charge in [0.2, 0.25) is 0 Å². The first-order chi connectivity index (χ1) is 4.35. The Bertz CT molecular complexity index is 132. The molecule has 0 atom stereocenters. The average Bonchev–Trinajstić information content (AvgIpc) is 1.91. The molecule has 0 saturated heterocycles. The summed E-state index contributed by atoms with van der Waals surface area (Å²) in [6, 6.07) is 0. The predicted octanol–water partition coefficient (Wildman–Crippen LogP) is 2.05. The molecule has 0 aliphatic carbocycles. The van der Waals surface area contributed by atoms with Crippen molar-refractivity contribution in [1.29, 1.82) is 0 Å². The molecular formula is C8H11W-. The first kappa shape index (κ1) is 9.04. The van der Waals surface area contributed by atoms with Gasteiger partial charge in [0.25, 0.3) is 0 Å². The first-order valence-corrected chi connectivity index (χ1v) is 4.69. The van der Waals surface area contributed by atoms with Crippen molar-refractivity contribution < 1.29 is 19.4 Å². The van der Waals surface area contributed by atoms with E-state index in [4.69, 9.17) is 0 Å². The fraction of sp³-hybridized carbons (Fsp3) is 0.375. The maximum atomic E-state index is 2.95. The van der Waals surface area contributed by atoms with Gasteiger partial charge in [0.1, 0.15) is 0 Å². The number of rotatable bonds is 3. The van der Waals surface area contributed by atoms with Crippen LogP contribution in [0.25, 0.3) is 0 Å². The van der Waals surface area contributed by atoms with Crippen LogP contribution in [0.3, 0.4) is 0 Å². The van der Waals surface area contributed by atoms with E-state index in [0.29, 0.717) is 0 Å². The molecule has 0 aromatic rings. The van der Waals surface area contributed by atoms with Crippen LogP contribution in [0.1, 0.15) is 20.3 Å². The van der Waals surface area contributed by atoms with Crippen molar-refractivity contribution in [2.45, 2.75) is 20.3 Å². The van der Waals surface area contributed by atoms with E-state index >= 15 is 0 Å². The second-order valence-corrected chi connectivity index (χ2v) is 2.52. The minimum atomic E-state index is 1.13. The van der Waals surface area contributed by atoms with Crippen LogP contribution in [-0.2, 0) is 19.4 Å². The zero-order chi connectivity index (χ0) is 7.11. The molecule has 0 amide bonds. The molecule has 1 heteroatoms. The molecule has 0 aromatic heterocycles. The van der Waals surface area contributed by atoms with Crippen molar-refractivity contribution >= 4 is 4.40 Å². The molecule has 0 N–H and O–H groups in total. The predicted molar refractivity (Wildman–Crippen MR) is 37.9 cm³/mol. The van der Waals surface area contributed by atoms with Gasteiger partial charge in [0.05, 0.1) is 0 Å². The SMILES string of the molecule is C[C-]=C/C=C(\[CH]=[W])CC. The quantitative estimate of drug-likeness (QED) is 0.551. The van der Waals surface area contributed by atoms with Crippen LogP contribution in [-0.4, -0.2) is 4.40 Å². The molecule has 0 aliphatic rings. The normalized spacial score (nSPS) is 12.4. The molecule has 9 heavy (non-hydrogen) atoms. The Kier molecular flexibility index (Phi) is 6.19. The van der Waals surface area contributed by atoms with Crippen LogP contribution >= 0.6 is 0 Å². The summed E-state index contributed by atoms with van der Waals surface area (Å²) in [6.45, 7) is 4.07. The van der Waals surface area contributed by atoms with Crippen LogP contribution in [0.4, 0.5) is 0 Å². The van der Waals surface area contributed by atoms with E-state index in [1.165, 1.54) is 24.9 Å². The van der Waals surface area contributed by atoms with E-state index in [1.54, 1.807) is 0 Å². The molecule has 0 bridgehead atoms. The zero-order valence-electron chi connectivity index (χ0n) is 5.85. The summed E-state index contributed by atoms with van der Waals surface area (Å²) in [6.07, 6.45) is 8.14. The van der Waals surface area contributed by atoms with E-state index < -0.39 is 0 Å². The van der Waals surface area contributed by atoms with Gasteiger partial charge in [-0.25, -0.2) is 0 Å².